The Morgan fingerprint density at radius 2 is 1.71 bits per heavy atom. The lowest BCUT2D eigenvalue weighted by molar-refractivity contribution is 0.0522. The van der Waals surface area contributed by atoms with Crippen LogP contribution in [0.3, 0.4) is 0 Å². The second-order valence-electron chi connectivity index (χ2n) is 9.08. The van der Waals surface area contributed by atoms with Gasteiger partial charge in [0.25, 0.3) is 11.8 Å². The molecule has 4 amide bonds. The molecule has 1 aromatic carbocycles. The molecule has 0 aliphatic carbocycles. The van der Waals surface area contributed by atoms with Gasteiger partial charge in [-0.25, -0.2) is 4.79 Å². The Balaban J connectivity index is 1.97. The van der Waals surface area contributed by atoms with Crippen LogP contribution >= 0.6 is 0 Å². The van der Waals surface area contributed by atoms with E-state index in [4.69, 9.17) is 10.5 Å². The summed E-state index contributed by atoms with van der Waals surface area (Å²) >= 11 is 0. The number of carbonyl (C=O) groups is 3. The number of nitrogens with two attached hydrogens (primary N) is 1. The number of nitrogens with one attached hydrogen (secondary N) is 2. The molecule has 1 heterocycles. The van der Waals surface area contributed by atoms with Gasteiger partial charge in [0.05, 0.1) is 31.4 Å². The van der Waals surface area contributed by atoms with E-state index in [0.29, 0.717) is 50.5 Å². The normalized spacial score (nSPS) is 16.2. The first-order chi connectivity index (χ1) is 16.7. The highest BCUT2D eigenvalue weighted by Crippen LogP contribution is 2.14. The number of benzene rings is 1. The molecule has 5 N–H and O–H groups in total. The molecular weight excluding hydrogens is 450 g/mol. The van der Waals surface area contributed by atoms with Crippen LogP contribution in [-0.4, -0.2) is 96.9 Å². The molecule has 10 nitrogen and oxygen atoms in total. The molecule has 0 radical (unpaired) electrons. The summed E-state index contributed by atoms with van der Waals surface area (Å²) in [6, 6.07) is 3.37. The molecular formula is C25H41N5O5. The van der Waals surface area contributed by atoms with E-state index in [1.165, 1.54) is 0 Å². The number of aliphatic hydroxyl groups excluding tert-OH is 1. The Kier molecular flexibility index (Phi) is 11.4. The number of ether oxygens (including phenoxy) is 1. The van der Waals surface area contributed by atoms with E-state index in [1.54, 1.807) is 34.9 Å². The molecule has 0 aromatic heterocycles. The van der Waals surface area contributed by atoms with Crippen molar-refractivity contribution in [1.82, 2.24) is 20.4 Å². The molecule has 0 unspecified atom stereocenters. The van der Waals surface area contributed by atoms with Crippen LogP contribution in [0.4, 0.5) is 4.79 Å². The van der Waals surface area contributed by atoms with Crippen molar-refractivity contribution in [1.29, 1.82) is 0 Å². The number of amides is 4. The van der Waals surface area contributed by atoms with Crippen molar-refractivity contribution >= 4 is 17.8 Å². The third-order valence-corrected chi connectivity index (χ3v) is 5.96. The Bertz CT molecular complexity index is 853. The highest BCUT2D eigenvalue weighted by atomic mass is 16.5. The van der Waals surface area contributed by atoms with Crippen LogP contribution in [0.5, 0.6) is 0 Å². The third kappa shape index (κ3) is 8.48. The van der Waals surface area contributed by atoms with Crippen LogP contribution < -0.4 is 16.4 Å². The molecule has 2 rings (SSSR count). The van der Waals surface area contributed by atoms with Crippen LogP contribution in [0.2, 0.25) is 0 Å². The van der Waals surface area contributed by atoms with Crippen molar-refractivity contribution in [2.24, 2.45) is 5.73 Å². The fourth-order valence-corrected chi connectivity index (χ4v) is 4.03. The van der Waals surface area contributed by atoms with Crippen LogP contribution in [0.15, 0.2) is 18.2 Å². The smallest absolute Gasteiger partial charge is 0.317 e. The maximum Gasteiger partial charge on any atom is 0.317 e. The largest absolute Gasteiger partial charge is 0.389 e. The fraction of sp³-hybridized carbons (Fsp3) is 0.640. The van der Waals surface area contributed by atoms with E-state index < -0.39 is 24.1 Å². The summed E-state index contributed by atoms with van der Waals surface area (Å²) in [5.74, 6) is -0.506. The maximum atomic E-state index is 13.0. The second-order valence-corrected chi connectivity index (χ2v) is 9.08. The number of nitrogens with zero attached hydrogens (tertiary/aromatic N) is 2. The zero-order valence-electron chi connectivity index (χ0n) is 21.4. The average Bonchev–Trinajstić information content (AvgIpc) is 2.86. The van der Waals surface area contributed by atoms with Gasteiger partial charge in [-0.1, -0.05) is 13.8 Å². The zero-order chi connectivity index (χ0) is 26.0. The van der Waals surface area contributed by atoms with Crippen LogP contribution in [0.25, 0.3) is 0 Å². The first-order valence-electron chi connectivity index (χ1n) is 12.4. The van der Waals surface area contributed by atoms with Crippen molar-refractivity contribution < 1.29 is 24.2 Å². The molecule has 35 heavy (non-hydrogen) atoms. The predicted molar refractivity (Wildman–Crippen MR) is 134 cm³/mol. The highest BCUT2D eigenvalue weighted by molar-refractivity contribution is 6.00. The van der Waals surface area contributed by atoms with Gasteiger partial charge in [-0.05, 0) is 50.5 Å². The van der Waals surface area contributed by atoms with Gasteiger partial charge in [0.1, 0.15) is 0 Å². The van der Waals surface area contributed by atoms with Crippen LogP contribution in [0.1, 0.15) is 59.9 Å². The summed E-state index contributed by atoms with van der Waals surface area (Å²) in [6.45, 7) is 10.9. The van der Waals surface area contributed by atoms with Gasteiger partial charge in [0.2, 0.25) is 0 Å². The molecule has 1 fully saturated rings. The quantitative estimate of drug-likeness (QED) is 0.366. The lowest BCUT2D eigenvalue weighted by Gasteiger charge is -2.29. The molecule has 0 saturated carbocycles. The maximum absolute atomic E-state index is 13.0. The number of urea groups is 1. The van der Waals surface area contributed by atoms with Crippen molar-refractivity contribution in [3.63, 3.8) is 0 Å². The van der Waals surface area contributed by atoms with E-state index in [-0.39, 0.29) is 18.5 Å². The van der Waals surface area contributed by atoms with E-state index in [1.807, 2.05) is 20.8 Å². The van der Waals surface area contributed by atoms with E-state index in [0.717, 1.165) is 18.4 Å². The summed E-state index contributed by atoms with van der Waals surface area (Å²) in [5.41, 5.74) is 7.68. The van der Waals surface area contributed by atoms with Gasteiger partial charge in [0.15, 0.2) is 0 Å². The van der Waals surface area contributed by atoms with Crippen molar-refractivity contribution in [3.05, 3.63) is 34.9 Å². The van der Waals surface area contributed by atoms with Gasteiger partial charge in [-0.15, -0.1) is 0 Å². The number of rotatable bonds is 11. The average molecular weight is 492 g/mol. The molecule has 196 valence electrons. The Hall–Kier alpha value is -2.69. The van der Waals surface area contributed by atoms with Gasteiger partial charge in [-0.2, -0.15) is 0 Å². The third-order valence-electron chi connectivity index (χ3n) is 5.96. The van der Waals surface area contributed by atoms with Crippen LogP contribution in [0, 0.1) is 6.92 Å². The first kappa shape index (κ1) is 28.5. The molecule has 1 aromatic rings. The molecule has 0 spiro atoms. The van der Waals surface area contributed by atoms with Crippen molar-refractivity contribution in [2.75, 3.05) is 45.9 Å². The van der Waals surface area contributed by atoms with Crippen molar-refractivity contribution in [3.8, 4) is 0 Å². The summed E-state index contributed by atoms with van der Waals surface area (Å²) < 4.78 is 5.23. The molecule has 1 saturated heterocycles. The van der Waals surface area contributed by atoms with Gasteiger partial charge >= 0.3 is 6.03 Å². The SMILES string of the molecule is CCCN(CCC)C(=O)c1cc(C)cc(C(=O)N[C@@H](C)[C@H](O)[C@H](N)CNC(=O)N2CCOCC2)c1. The number of hydrogen-bond acceptors (Lipinski definition) is 6. The standard InChI is InChI=1S/C25H41N5O5/c1-5-7-29(8-6-2)24(33)20-14-17(3)13-19(15-20)23(32)28-18(4)22(31)21(26)16-27-25(34)30-9-11-35-12-10-30/h13-15,18,21-22,31H,5-12,16,26H2,1-4H3,(H,27,34)(H,28,32)/t18-,21+,22-/m0/s1. The Morgan fingerprint density at radius 1 is 1.11 bits per heavy atom. The van der Waals surface area contributed by atoms with Crippen LogP contribution in [-0.2, 0) is 4.74 Å². The topological polar surface area (TPSA) is 137 Å². The first-order valence-corrected chi connectivity index (χ1v) is 12.4. The minimum atomic E-state index is -1.08. The summed E-state index contributed by atoms with van der Waals surface area (Å²) in [7, 11) is 0. The van der Waals surface area contributed by atoms with Crippen molar-refractivity contribution in [2.45, 2.75) is 58.7 Å². The molecule has 1 aliphatic rings. The second kappa shape index (κ2) is 14.0. The number of carbonyl (C=O) groups excluding carboxylic acids is 3. The minimum absolute atomic E-state index is 0.0609. The number of aliphatic hydroxyl groups is 1. The molecule has 1 aliphatic heterocycles. The molecule has 10 heteroatoms. The summed E-state index contributed by atoms with van der Waals surface area (Å²) in [5, 5.41) is 16.1. The van der Waals surface area contributed by atoms with E-state index in [9.17, 15) is 19.5 Å². The Morgan fingerprint density at radius 3 is 2.31 bits per heavy atom. The van der Waals surface area contributed by atoms with Gasteiger partial charge in [-0.3, -0.25) is 9.59 Å². The molecule has 3 atom stereocenters. The van der Waals surface area contributed by atoms with E-state index in [2.05, 4.69) is 10.6 Å². The monoisotopic (exact) mass is 491 g/mol. The lowest BCUT2D eigenvalue weighted by atomic mass is 10.0. The highest BCUT2D eigenvalue weighted by Gasteiger charge is 2.26. The van der Waals surface area contributed by atoms with Gasteiger partial charge < -0.3 is 36.0 Å². The minimum Gasteiger partial charge on any atom is -0.389 e. The molecule has 0 bridgehead atoms. The lowest BCUT2D eigenvalue weighted by Crippen LogP contribution is -2.55. The number of hydrogen-bond donors (Lipinski definition) is 4. The number of morpholine rings is 1. The zero-order valence-corrected chi connectivity index (χ0v) is 21.4. The Labute approximate surface area is 208 Å². The summed E-state index contributed by atoms with van der Waals surface area (Å²) in [4.78, 5) is 41.6. The summed E-state index contributed by atoms with van der Waals surface area (Å²) in [6.07, 6.45) is 0.625. The van der Waals surface area contributed by atoms with Gasteiger partial charge in [0, 0.05) is 43.9 Å². The van der Waals surface area contributed by atoms with E-state index >= 15 is 0 Å². The number of aryl methyl sites for hydroxylation is 1. The predicted octanol–water partition coefficient (Wildman–Crippen LogP) is 1.11. The fourth-order valence-electron chi connectivity index (χ4n) is 4.03.